The molecular formula is C13H17N3O5S. The predicted octanol–water partition coefficient (Wildman–Crippen LogP) is 1.62. The molecule has 2 heterocycles. The summed E-state index contributed by atoms with van der Waals surface area (Å²) < 4.78 is 4.92. The lowest BCUT2D eigenvalue weighted by Gasteiger charge is -2.27. The molecule has 8 nitrogen and oxygen atoms in total. The van der Waals surface area contributed by atoms with Gasteiger partial charge in [-0.15, -0.1) is 11.8 Å². The van der Waals surface area contributed by atoms with Crippen molar-refractivity contribution in [2.45, 2.75) is 32.4 Å². The maximum atomic E-state index is 12.4. The van der Waals surface area contributed by atoms with E-state index < -0.39 is 28.3 Å². The molecule has 1 N–H and O–H groups in total. The van der Waals surface area contributed by atoms with E-state index in [0.29, 0.717) is 11.6 Å². The average molecular weight is 327 g/mol. The van der Waals surface area contributed by atoms with Gasteiger partial charge in [0.25, 0.3) is 5.91 Å². The van der Waals surface area contributed by atoms with Crippen molar-refractivity contribution in [3.8, 4) is 0 Å². The molecule has 2 rings (SSSR count). The fraction of sp³-hybridized carbons (Fsp3) is 0.538. The number of furan rings is 1. The Hall–Kier alpha value is -2.03. The summed E-state index contributed by atoms with van der Waals surface area (Å²) in [5.41, 5.74) is -0.400. The van der Waals surface area contributed by atoms with Gasteiger partial charge in [0.2, 0.25) is 5.91 Å². The van der Waals surface area contributed by atoms with Crippen molar-refractivity contribution in [1.29, 1.82) is 0 Å². The lowest BCUT2D eigenvalue weighted by molar-refractivity contribution is -0.402. The maximum absolute atomic E-state index is 12.4. The van der Waals surface area contributed by atoms with Gasteiger partial charge in [0.05, 0.1) is 11.9 Å². The van der Waals surface area contributed by atoms with Crippen molar-refractivity contribution >= 4 is 29.5 Å². The summed E-state index contributed by atoms with van der Waals surface area (Å²) in [6.45, 7) is 5.57. The fourth-order valence-electron chi connectivity index (χ4n) is 2.00. The number of amides is 2. The Labute approximate surface area is 131 Å². The van der Waals surface area contributed by atoms with Gasteiger partial charge in [-0.05, 0) is 26.8 Å². The van der Waals surface area contributed by atoms with Gasteiger partial charge in [-0.1, -0.05) is 0 Å². The number of rotatable bonds is 3. The van der Waals surface area contributed by atoms with Gasteiger partial charge in [0, 0.05) is 11.3 Å². The standard InChI is InChI=1S/C13H17N3O5S/c1-13(2,3)14-11(17)8-6-22-7-15(8)12(18)9-4-5-10(21-9)16(19)20/h4-5,8H,6-7H2,1-3H3,(H,14,17)/t8-/m1/s1. The summed E-state index contributed by atoms with van der Waals surface area (Å²) in [4.78, 5) is 35.9. The Morgan fingerprint density at radius 2 is 2.14 bits per heavy atom. The third-order valence-corrected chi connectivity index (χ3v) is 3.94. The highest BCUT2D eigenvalue weighted by molar-refractivity contribution is 7.99. The summed E-state index contributed by atoms with van der Waals surface area (Å²) in [5, 5.41) is 13.4. The molecule has 1 atom stereocenters. The number of nitrogens with one attached hydrogen (secondary N) is 1. The van der Waals surface area contributed by atoms with Crippen LogP contribution in [-0.4, -0.2) is 44.8 Å². The van der Waals surface area contributed by atoms with Crippen LogP contribution in [-0.2, 0) is 4.79 Å². The van der Waals surface area contributed by atoms with Gasteiger partial charge >= 0.3 is 5.88 Å². The Bertz CT molecular complexity index is 607. The van der Waals surface area contributed by atoms with Gasteiger partial charge < -0.3 is 14.6 Å². The molecule has 1 aliphatic rings. The highest BCUT2D eigenvalue weighted by Gasteiger charge is 2.37. The summed E-state index contributed by atoms with van der Waals surface area (Å²) >= 11 is 1.45. The lowest BCUT2D eigenvalue weighted by atomic mass is 10.1. The second-order valence-electron chi connectivity index (χ2n) is 5.92. The van der Waals surface area contributed by atoms with E-state index in [9.17, 15) is 19.7 Å². The van der Waals surface area contributed by atoms with Gasteiger partial charge in [-0.2, -0.15) is 0 Å². The van der Waals surface area contributed by atoms with Crippen LogP contribution in [0.4, 0.5) is 5.88 Å². The number of carbonyl (C=O) groups excluding carboxylic acids is 2. The van der Waals surface area contributed by atoms with Crippen LogP contribution in [0.3, 0.4) is 0 Å². The normalized spacial score (nSPS) is 18.3. The molecule has 1 aliphatic heterocycles. The molecule has 1 saturated heterocycles. The minimum Gasteiger partial charge on any atom is -0.395 e. The molecule has 0 aliphatic carbocycles. The molecule has 0 spiro atoms. The highest BCUT2D eigenvalue weighted by atomic mass is 32.2. The second-order valence-corrected chi connectivity index (χ2v) is 6.92. The van der Waals surface area contributed by atoms with Crippen molar-refractivity contribution in [1.82, 2.24) is 10.2 Å². The Kier molecular flexibility index (Phi) is 4.45. The number of carbonyl (C=O) groups is 2. The van der Waals surface area contributed by atoms with E-state index in [1.165, 1.54) is 22.7 Å². The van der Waals surface area contributed by atoms with Crippen molar-refractivity contribution in [3.05, 3.63) is 28.0 Å². The monoisotopic (exact) mass is 327 g/mol. The minimum absolute atomic E-state index is 0.136. The van der Waals surface area contributed by atoms with Crippen molar-refractivity contribution in [3.63, 3.8) is 0 Å². The Morgan fingerprint density at radius 1 is 1.45 bits per heavy atom. The predicted molar refractivity (Wildman–Crippen MR) is 80.5 cm³/mol. The molecule has 0 bridgehead atoms. The van der Waals surface area contributed by atoms with E-state index in [0.717, 1.165) is 6.07 Å². The van der Waals surface area contributed by atoms with Gasteiger partial charge in [0.1, 0.15) is 11.0 Å². The zero-order valence-corrected chi connectivity index (χ0v) is 13.3. The maximum Gasteiger partial charge on any atom is 0.433 e. The first-order valence-electron chi connectivity index (χ1n) is 6.64. The topological polar surface area (TPSA) is 106 Å². The van der Waals surface area contributed by atoms with Crippen LogP contribution in [0.2, 0.25) is 0 Å². The van der Waals surface area contributed by atoms with E-state index in [4.69, 9.17) is 4.42 Å². The molecule has 1 aromatic rings. The zero-order chi connectivity index (χ0) is 16.5. The summed E-state index contributed by atoms with van der Waals surface area (Å²) in [6, 6.07) is 1.77. The molecule has 0 aromatic carbocycles. The van der Waals surface area contributed by atoms with E-state index in [1.54, 1.807) is 0 Å². The highest BCUT2D eigenvalue weighted by Crippen LogP contribution is 2.25. The Balaban J connectivity index is 2.14. The van der Waals surface area contributed by atoms with Crippen LogP contribution < -0.4 is 5.32 Å². The molecule has 120 valence electrons. The summed E-state index contributed by atoms with van der Waals surface area (Å²) in [5.74, 6) is -0.570. The van der Waals surface area contributed by atoms with Crippen LogP contribution in [0.15, 0.2) is 16.5 Å². The van der Waals surface area contributed by atoms with E-state index in [1.807, 2.05) is 20.8 Å². The molecule has 22 heavy (non-hydrogen) atoms. The largest absolute Gasteiger partial charge is 0.433 e. The number of hydrogen-bond donors (Lipinski definition) is 1. The number of thioether (sulfide) groups is 1. The SMILES string of the molecule is CC(C)(C)NC(=O)[C@H]1CSCN1C(=O)c1ccc([N+](=O)[O-])o1. The zero-order valence-electron chi connectivity index (χ0n) is 12.5. The number of nitro groups is 1. The van der Waals surface area contributed by atoms with Crippen LogP contribution in [0, 0.1) is 10.1 Å². The van der Waals surface area contributed by atoms with Crippen molar-refractivity contribution in [2.24, 2.45) is 0 Å². The number of nitrogens with zero attached hydrogens (tertiary/aromatic N) is 2. The van der Waals surface area contributed by atoms with E-state index >= 15 is 0 Å². The molecule has 9 heteroatoms. The average Bonchev–Trinajstić information content (AvgIpc) is 3.05. The first kappa shape index (κ1) is 16.3. The summed E-state index contributed by atoms with van der Waals surface area (Å²) in [7, 11) is 0. The molecule has 1 fully saturated rings. The lowest BCUT2D eigenvalue weighted by Crippen LogP contribution is -2.52. The molecule has 2 amide bonds. The fourth-order valence-corrected chi connectivity index (χ4v) is 3.15. The third-order valence-electron chi connectivity index (χ3n) is 2.93. The second kappa shape index (κ2) is 5.99. The molecule has 0 saturated carbocycles. The molecular weight excluding hydrogens is 310 g/mol. The number of hydrogen-bond acceptors (Lipinski definition) is 6. The van der Waals surface area contributed by atoms with Crippen LogP contribution in [0.5, 0.6) is 0 Å². The molecule has 0 radical (unpaired) electrons. The Morgan fingerprint density at radius 3 is 2.68 bits per heavy atom. The minimum atomic E-state index is -0.709. The van der Waals surface area contributed by atoms with Gasteiger partial charge in [0.15, 0.2) is 5.76 Å². The van der Waals surface area contributed by atoms with Gasteiger partial charge in [-0.3, -0.25) is 19.7 Å². The first-order chi connectivity index (χ1) is 10.2. The smallest absolute Gasteiger partial charge is 0.395 e. The molecule has 0 unspecified atom stereocenters. The third kappa shape index (κ3) is 3.59. The van der Waals surface area contributed by atoms with Crippen LogP contribution >= 0.6 is 11.8 Å². The quantitative estimate of drug-likeness (QED) is 0.668. The molecule has 1 aromatic heterocycles. The summed E-state index contributed by atoms with van der Waals surface area (Å²) in [6.07, 6.45) is 0. The van der Waals surface area contributed by atoms with Gasteiger partial charge in [-0.25, -0.2) is 0 Å². The van der Waals surface area contributed by atoms with E-state index in [2.05, 4.69) is 5.32 Å². The van der Waals surface area contributed by atoms with E-state index in [-0.39, 0.29) is 11.7 Å². The first-order valence-corrected chi connectivity index (χ1v) is 7.79. The van der Waals surface area contributed by atoms with Crippen molar-refractivity contribution in [2.75, 3.05) is 11.6 Å². The van der Waals surface area contributed by atoms with Crippen LogP contribution in [0.1, 0.15) is 31.3 Å². The van der Waals surface area contributed by atoms with Crippen LogP contribution in [0.25, 0.3) is 0 Å². The van der Waals surface area contributed by atoms with Crippen molar-refractivity contribution < 1.29 is 18.9 Å².